The number of nitrogens with one attached hydrogen (secondary N) is 1. The van der Waals surface area contributed by atoms with Gasteiger partial charge in [-0.25, -0.2) is 0 Å². The highest BCUT2D eigenvalue weighted by Crippen LogP contribution is 2.24. The molecule has 0 saturated heterocycles. The molecule has 0 aliphatic heterocycles. The molecule has 3 nitrogen and oxygen atoms in total. The molecule has 110 valence electrons. The van der Waals surface area contributed by atoms with Crippen molar-refractivity contribution in [2.45, 2.75) is 13.8 Å². The molecular formula is C19H18N2O. The number of amides is 1. The Kier molecular flexibility index (Phi) is 3.79. The van der Waals surface area contributed by atoms with Gasteiger partial charge in [0.2, 0.25) is 0 Å². The molecule has 3 aromatic rings. The van der Waals surface area contributed by atoms with Crippen molar-refractivity contribution < 1.29 is 4.79 Å². The first-order valence-corrected chi connectivity index (χ1v) is 7.26. The predicted molar refractivity (Wildman–Crippen MR) is 89.5 cm³/mol. The lowest BCUT2D eigenvalue weighted by atomic mass is 10.1. The van der Waals surface area contributed by atoms with Crippen LogP contribution in [-0.4, -0.2) is 10.6 Å². The van der Waals surface area contributed by atoms with Crippen molar-refractivity contribution in [3.63, 3.8) is 0 Å². The van der Waals surface area contributed by atoms with Gasteiger partial charge in [0.15, 0.2) is 0 Å². The third kappa shape index (κ3) is 2.79. The minimum atomic E-state index is -0.121. The summed E-state index contributed by atoms with van der Waals surface area (Å²) in [6.45, 7) is 4.10. The fraction of sp³-hybridized carbons (Fsp3) is 0.105. The molecular weight excluding hydrogens is 272 g/mol. The molecule has 0 aliphatic carbocycles. The fourth-order valence-electron chi connectivity index (χ4n) is 2.46. The average molecular weight is 290 g/mol. The van der Waals surface area contributed by atoms with Gasteiger partial charge >= 0.3 is 0 Å². The zero-order valence-corrected chi connectivity index (χ0v) is 12.7. The second kappa shape index (κ2) is 5.90. The number of carbonyl (C=O) groups is 1. The van der Waals surface area contributed by atoms with Crippen LogP contribution in [0.2, 0.25) is 0 Å². The van der Waals surface area contributed by atoms with Crippen LogP contribution in [0.5, 0.6) is 0 Å². The number of nitrogens with zero attached hydrogens (tertiary/aromatic N) is 1. The van der Waals surface area contributed by atoms with Crippen molar-refractivity contribution in [2.24, 2.45) is 0 Å². The van der Waals surface area contributed by atoms with E-state index in [9.17, 15) is 4.79 Å². The molecule has 0 atom stereocenters. The summed E-state index contributed by atoms with van der Waals surface area (Å²) < 4.78 is 1.79. The number of hydrogen-bond acceptors (Lipinski definition) is 1. The Bertz CT molecular complexity index is 786. The predicted octanol–water partition coefficient (Wildman–Crippen LogP) is 4.16. The molecule has 22 heavy (non-hydrogen) atoms. The number of carbonyl (C=O) groups excluding carboxylic acids is 1. The van der Waals surface area contributed by atoms with Crippen LogP contribution in [0.15, 0.2) is 66.9 Å². The van der Waals surface area contributed by atoms with E-state index in [-0.39, 0.29) is 5.91 Å². The molecule has 0 aliphatic rings. The molecule has 0 radical (unpaired) electrons. The Balaban J connectivity index is 1.93. The minimum Gasteiger partial charge on any atom is -0.267 e. The lowest BCUT2D eigenvalue weighted by Crippen LogP contribution is -2.22. The lowest BCUT2D eigenvalue weighted by Gasteiger charge is -2.12. The first kappa shape index (κ1) is 14.1. The van der Waals surface area contributed by atoms with E-state index in [2.05, 4.69) is 36.6 Å². The Hall–Kier alpha value is -2.81. The van der Waals surface area contributed by atoms with Crippen LogP contribution in [0.4, 0.5) is 0 Å². The quantitative estimate of drug-likeness (QED) is 0.772. The topological polar surface area (TPSA) is 34.0 Å². The largest absolute Gasteiger partial charge is 0.270 e. The molecule has 2 aromatic carbocycles. The molecule has 1 amide bonds. The van der Waals surface area contributed by atoms with Crippen LogP contribution in [0.1, 0.15) is 21.5 Å². The highest BCUT2D eigenvalue weighted by molar-refractivity contribution is 6.00. The molecule has 0 fully saturated rings. The molecule has 1 aromatic heterocycles. The van der Waals surface area contributed by atoms with Crippen LogP contribution < -0.4 is 5.43 Å². The number of rotatable bonds is 3. The van der Waals surface area contributed by atoms with Crippen LogP contribution in [0, 0.1) is 13.8 Å². The summed E-state index contributed by atoms with van der Waals surface area (Å²) in [6.07, 6.45) is 1.88. The molecule has 3 heteroatoms. The zero-order chi connectivity index (χ0) is 15.5. The van der Waals surface area contributed by atoms with Crippen molar-refractivity contribution in [2.75, 3.05) is 5.43 Å². The maximum Gasteiger partial charge on any atom is 0.270 e. The van der Waals surface area contributed by atoms with E-state index in [0.717, 1.165) is 16.8 Å². The van der Waals surface area contributed by atoms with Gasteiger partial charge in [-0.2, -0.15) is 0 Å². The summed E-state index contributed by atoms with van der Waals surface area (Å²) in [5.41, 5.74) is 8.01. The van der Waals surface area contributed by atoms with Gasteiger partial charge in [-0.3, -0.25) is 14.9 Å². The summed E-state index contributed by atoms with van der Waals surface area (Å²) in [7, 11) is 0. The van der Waals surface area contributed by atoms with Crippen molar-refractivity contribution in [3.8, 4) is 11.3 Å². The van der Waals surface area contributed by atoms with Crippen LogP contribution in [0.25, 0.3) is 11.3 Å². The van der Waals surface area contributed by atoms with Crippen molar-refractivity contribution in [3.05, 3.63) is 83.6 Å². The first-order valence-electron chi connectivity index (χ1n) is 7.26. The Morgan fingerprint density at radius 3 is 2.27 bits per heavy atom. The SMILES string of the molecule is Cc1ccc(-c2c(C)ccn2NC(=O)c2ccccc2)cc1. The molecule has 3 rings (SSSR count). The van der Waals surface area contributed by atoms with Gasteiger partial charge in [-0.15, -0.1) is 0 Å². The van der Waals surface area contributed by atoms with Crippen LogP contribution >= 0.6 is 0 Å². The number of benzene rings is 2. The van der Waals surface area contributed by atoms with Gasteiger partial charge in [-0.05, 0) is 37.6 Å². The second-order valence-corrected chi connectivity index (χ2v) is 5.39. The van der Waals surface area contributed by atoms with Gasteiger partial charge in [0.25, 0.3) is 5.91 Å². The highest BCUT2D eigenvalue weighted by atomic mass is 16.2. The summed E-state index contributed by atoms with van der Waals surface area (Å²) in [4.78, 5) is 12.3. The van der Waals surface area contributed by atoms with Crippen LogP contribution in [0.3, 0.4) is 0 Å². The van der Waals surface area contributed by atoms with Gasteiger partial charge < -0.3 is 0 Å². The number of hydrogen-bond donors (Lipinski definition) is 1. The van der Waals surface area contributed by atoms with Gasteiger partial charge in [0, 0.05) is 17.3 Å². The van der Waals surface area contributed by atoms with Gasteiger partial charge in [-0.1, -0.05) is 48.0 Å². The maximum atomic E-state index is 12.3. The fourth-order valence-corrected chi connectivity index (χ4v) is 2.46. The zero-order valence-electron chi connectivity index (χ0n) is 12.7. The summed E-state index contributed by atoms with van der Waals surface area (Å²) in [6, 6.07) is 19.5. The molecule has 0 saturated carbocycles. The number of aryl methyl sites for hydroxylation is 2. The Labute approximate surface area is 130 Å². The Morgan fingerprint density at radius 2 is 1.59 bits per heavy atom. The number of aromatic nitrogens is 1. The summed E-state index contributed by atoms with van der Waals surface area (Å²) in [5, 5.41) is 0. The third-order valence-corrected chi connectivity index (χ3v) is 3.67. The van der Waals surface area contributed by atoms with E-state index >= 15 is 0 Å². The van der Waals surface area contributed by atoms with Crippen molar-refractivity contribution in [1.29, 1.82) is 0 Å². The van der Waals surface area contributed by atoms with E-state index < -0.39 is 0 Å². The van der Waals surface area contributed by atoms with E-state index in [1.54, 1.807) is 16.8 Å². The van der Waals surface area contributed by atoms with E-state index in [4.69, 9.17) is 0 Å². The Morgan fingerprint density at radius 1 is 0.909 bits per heavy atom. The summed E-state index contributed by atoms with van der Waals surface area (Å²) in [5.74, 6) is -0.121. The molecule has 1 heterocycles. The van der Waals surface area contributed by atoms with E-state index in [1.165, 1.54) is 5.56 Å². The summed E-state index contributed by atoms with van der Waals surface area (Å²) >= 11 is 0. The molecule has 0 spiro atoms. The average Bonchev–Trinajstić information content (AvgIpc) is 2.90. The van der Waals surface area contributed by atoms with Gasteiger partial charge in [0.1, 0.15) is 0 Å². The van der Waals surface area contributed by atoms with Crippen molar-refractivity contribution >= 4 is 5.91 Å². The highest BCUT2D eigenvalue weighted by Gasteiger charge is 2.11. The lowest BCUT2D eigenvalue weighted by molar-refractivity contribution is 0.101. The monoisotopic (exact) mass is 290 g/mol. The maximum absolute atomic E-state index is 12.3. The van der Waals surface area contributed by atoms with Crippen molar-refractivity contribution in [1.82, 2.24) is 4.68 Å². The molecule has 1 N–H and O–H groups in total. The first-order chi connectivity index (χ1) is 10.6. The third-order valence-electron chi connectivity index (χ3n) is 3.67. The molecule has 0 bridgehead atoms. The standard InChI is InChI=1S/C19H18N2O/c1-14-8-10-16(11-9-14)18-15(2)12-13-21(18)20-19(22)17-6-4-3-5-7-17/h3-13H,1-2H3,(H,20,22). The smallest absolute Gasteiger partial charge is 0.267 e. The van der Waals surface area contributed by atoms with E-state index in [0.29, 0.717) is 5.56 Å². The van der Waals surface area contributed by atoms with Crippen LogP contribution in [-0.2, 0) is 0 Å². The molecule has 0 unspecified atom stereocenters. The van der Waals surface area contributed by atoms with E-state index in [1.807, 2.05) is 37.4 Å². The van der Waals surface area contributed by atoms with Gasteiger partial charge in [0.05, 0.1) is 5.69 Å². The minimum absolute atomic E-state index is 0.121. The normalized spacial score (nSPS) is 10.5. The second-order valence-electron chi connectivity index (χ2n) is 5.39.